The van der Waals surface area contributed by atoms with E-state index < -0.39 is 0 Å². The predicted octanol–water partition coefficient (Wildman–Crippen LogP) is 4.11. The molecule has 0 N–H and O–H groups in total. The van der Waals surface area contributed by atoms with Crippen LogP contribution >= 0.6 is 0 Å². The largest absolute Gasteiger partial charge is 0.115 e. The van der Waals surface area contributed by atoms with Crippen LogP contribution in [0, 0.1) is 24.7 Å². The first kappa shape index (κ1) is 12.3. The highest BCUT2D eigenvalue weighted by Crippen LogP contribution is 2.38. The normalized spacial score (nSPS) is 23.1. The Bertz CT molecular complexity index is 674. The Morgan fingerprint density at radius 1 is 0.750 bits per heavy atom. The topological polar surface area (TPSA) is 0 Å². The Morgan fingerprint density at radius 3 is 1.60 bits per heavy atom. The van der Waals surface area contributed by atoms with Gasteiger partial charge in [-0.25, -0.2) is 0 Å². The van der Waals surface area contributed by atoms with Crippen molar-refractivity contribution < 1.29 is 0 Å². The number of hydrogen-bond donors (Lipinski definition) is 0. The third kappa shape index (κ3) is 1.93. The minimum absolute atomic E-state index is 0.171. The summed E-state index contributed by atoms with van der Waals surface area (Å²) in [7, 11) is 0. The molecule has 2 aliphatic carbocycles. The zero-order valence-electron chi connectivity index (χ0n) is 11.1. The van der Waals surface area contributed by atoms with Crippen molar-refractivity contribution in [1.82, 2.24) is 0 Å². The van der Waals surface area contributed by atoms with Gasteiger partial charge in [-0.2, -0.15) is 0 Å². The lowest BCUT2D eigenvalue weighted by Crippen LogP contribution is -2.05. The summed E-state index contributed by atoms with van der Waals surface area (Å²) in [6.45, 7) is 0. The molecule has 0 fully saturated rings. The summed E-state index contributed by atoms with van der Waals surface area (Å²) in [5.74, 6) is 5.90. The van der Waals surface area contributed by atoms with E-state index in [-0.39, 0.29) is 11.8 Å². The minimum Gasteiger partial charge on any atom is -0.115 e. The van der Waals surface area contributed by atoms with Crippen LogP contribution in [-0.4, -0.2) is 0 Å². The summed E-state index contributed by atoms with van der Waals surface area (Å²) in [6, 6.07) is 8.39. The maximum absolute atomic E-state index is 5.60. The quantitative estimate of drug-likeness (QED) is 0.697. The molecule has 3 rings (SSSR count). The van der Waals surface area contributed by atoms with Crippen LogP contribution in [0.3, 0.4) is 0 Å². The molecular formula is C20H14. The predicted molar refractivity (Wildman–Crippen MR) is 84.0 cm³/mol. The summed E-state index contributed by atoms with van der Waals surface area (Å²) in [6.07, 6.45) is 23.6. The minimum atomic E-state index is 0.171. The zero-order valence-corrected chi connectivity index (χ0v) is 11.1. The van der Waals surface area contributed by atoms with Crippen LogP contribution in [0.4, 0.5) is 0 Å². The van der Waals surface area contributed by atoms with Crippen molar-refractivity contribution in [2.24, 2.45) is 0 Å². The fourth-order valence-corrected chi connectivity index (χ4v) is 2.85. The average molecular weight is 254 g/mol. The van der Waals surface area contributed by atoms with Gasteiger partial charge in [-0.3, -0.25) is 0 Å². The van der Waals surface area contributed by atoms with Crippen molar-refractivity contribution in [3.05, 3.63) is 83.0 Å². The summed E-state index contributed by atoms with van der Waals surface area (Å²) in [5.41, 5.74) is 4.49. The lowest BCUT2D eigenvalue weighted by molar-refractivity contribution is 0.963. The lowest BCUT2D eigenvalue weighted by atomic mass is 9.83. The third-order valence-corrected chi connectivity index (χ3v) is 3.83. The van der Waals surface area contributed by atoms with E-state index in [0.717, 1.165) is 11.1 Å². The second kappa shape index (κ2) is 5.12. The first-order chi connectivity index (χ1) is 9.85. The van der Waals surface area contributed by atoms with Crippen molar-refractivity contribution in [2.75, 3.05) is 0 Å². The molecule has 94 valence electrons. The molecule has 0 heteroatoms. The number of hydrogen-bond acceptors (Lipinski definition) is 0. The first-order valence-electron chi connectivity index (χ1n) is 6.64. The van der Waals surface area contributed by atoms with Gasteiger partial charge in [0, 0.05) is 23.0 Å². The first-order valence-corrected chi connectivity index (χ1v) is 6.64. The van der Waals surface area contributed by atoms with Crippen LogP contribution in [-0.2, 0) is 0 Å². The number of rotatable bonds is 2. The van der Waals surface area contributed by atoms with Crippen molar-refractivity contribution in [2.45, 2.75) is 11.8 Å². The molecular weight excluding hydrogens is 240 g/mol. The lowest BCUT2D eigenvalue weighted by Gasteiger charge is -2.19. The third-order valence-electron chi connectivity index (χ3n) is 3.83. The second-order valence-electron chi connectivity index (χ2n) is 4.89. The van der Waals surface area contributed by atoms with E-state index in [4.69, 9.17) is 12.8 Å². The van der Waals surface area contributed by atoms with Gasteiger partial charge in [0.15, 0.2) is 0 Å². The van der Waals surface area contributed by atoms with Crippen molar-refractivity contribution in [3.63, 3.8) is 0 Å². The Morgan fingerprint density at radius 2 is 1.20 bits per heavy atom. The van der Waals surface area contributed by atoms with E-state index in [1.807, 2.05) is 24.3 Å². The van der Waals surface area contributed by atoms with Crippen LogP contribution in [0.2, 0.25) is 0 Å². The van der Waals surface area contributed by atoms with Crippen molar-refractivity contribution in [1.29, 1.82) is 0 Å². The Balaban J connectivity index is 2.07. The Labute approximate surface area is 120 Å². The number of allylic oxidation sites excluding steroid dienone is 8. The second-order valence-corrected chi connectivity index (χ2v) is 4.89. The molecule has 1 aromatic rings. The highest BCUT2D eigenvalue weighted by Gasteiger charge is 2.24. The number of benzene rings is 1. The molecule has 2 atom stereocenters. The SMILES string of the molecule is C#CC1=CC=CC1c1ccccc1C1C=CC=C1C#C. The molecule has 0 aliphatic heterocycles. The van der Waals surface area contributed by atoms with E-state index in [1.54, 1.807) is 0 Å². The molecule has 0 heterocycles. The van der Waals surface area contributed by atoms with Gasteiger partial charge in [0.2, 0.25) is 0 Å². The summed E-state index contributed by atoms with van der Waals surface area (Å²) < 4.78 is 0. The molecule has 0 aromatic heterocycles. The smallest absolute Gasteiger partial charge is 0.0355 e. The van der Waals surface area contributed by atoms with E-state index in [0.29, 0.717) is 0 Å². The summed E-state index contributed by atoms with van der Waals surface area (Å²) >= 11 is 0. The fraction of sp³-hybridized carbons (Fsp3) is 0.100. The number of terminal acetylenes is 2. The molecule has 0 nitrogen and oxygen atoms in total. The summed E-state index contributed by atoms with van der Waals surface area (Å²) in [5, 5.41) is 0. The molecule has 0 bridgehead atoms. The zero-order chi connectivity index (χ0) is 13.9. The fourth-order valence-electron chi connectivity index (χ4n) is 2.85. The Kier molecular flexibility index (Phi) is 3.16. The maximum Gasteiger partial charge on any atom is 0.0355 e. The van der Waals surface area contributed by atoms with E-state index in [9.17, 15) is 0 Å². The van der Waals surface area contributed by atoms with Crippen molar-refractivity contribution >= 4 is 0 Å². The van der Waals surface area contributed by atoms with Gasteiger partial charge in [0.1, 0.15) is 0 Å². The molecule has 0 saturated carbocycles. The average Bonchev–Trinajstić information content (AvgIpc) is 3.15. The van der Waals surface area contributed by atoms with Gasteiger partial charge < -0.3 is 0 Å². The van der Waals surface area contributed by atoms with Gasteiger partial charge in [0.25, 0.3) is 0 Å². The van der Waals surface area contributed by atoms with Crippen LogP contribution in [0.5, 0.6) is 0 Å². The molecule has 0 radical (unpaired) electrons. The monoisotopic (exact) mass is 254 g/mol. The highest BCUT2D eigenvalue weighted by atomic mass is 14.3. The van der Waals surface area contributed by atoms with Gasteiger partial charge >= 0.3 is 0 Å². The standard InChI is InChI=1S/C20H14/c1-3-15-9-7-13-17(15)19-11-5-6-12-20(19)18-14-8-10-16(18)4-2/h1-2,5-14,17-18H. The highest BCUT2D eigenvalue weighted by molar-refractivity contribution is 5.56. The molecule has 0 saturated heterocycles. The summed E-state index contributed by atoms with van der Waals surface area (Å²) in [4.78, 5) is 0. The van der Waals surface area contributed by atoms with Gasteiger partial charge in [-0.1, -0.05) is 60.4 Å². The Hall–Kier alpha value is -2.70. The maximum atomic E-state index is 5.60. The molecule has 0 spiro atoms. The van der Waals surface area contributed by atoms with Gasteiger partial charge in [0.05, 0.1) is 0 Å². The van der Waals surface area contributed by atoms with Gasteiger partial charge in [-0.15, -0.1) is 12.8 Å². The van der Waals surface area contributed by atoms with Crippen molar-refractivity contribution in [3.8, 4) is 24.7 Å². The molecule has 1 aromatic carbocycles. The molecule has 0 amide bonds. The van der Waals surface area contributed by atoms with Crippen LogP contribution in [0.1, 0.15) is 23.0 Å². The van der Waals surface area contributed by atoms with Gasteiger partial charge in [-0.05, 0) is 23.3 Å². The van der Waals surface area contributed by atoms with Crippen LogP contribution in [0.25, 0.3) is 0 Å². The van der Waals surface area contributed by atoms with E-state index >= 15 is 0 Å². The molecule has 2 unspecified atom stereocenters. The van der Waals surface area contributed by atoms with E-state index in [2.05, 4.69) is 48.3 Å². The van der Waals surface area contributed by atoms with Crippen LogP contribution < -0.4 is 0 Å². The molecule has 20 heavy (non-hydrogen) atoms. The van der Waals surface area contributed by atoms with E-state index in [1.165, 1.54) is 11.1 Å². The molecule has 2 aliphatic rings. The van der Waals surface area contributed by atoms with Crippen LogP contribution in [0.15, 0.2) is 71.9 Å².